The molecule has 0 saturated heterocycles. The summed E-state index contributed by atoms with van der Waals surface area (Å²) < 4.78 is 25.8. The van der Waals surface area contributed by atoms with E-state index in [4.69, 9.17) is 0 Å². The van der Waals surface area contributed by atoms with Crippen molar-refractivity contribution in [3.8, 4) is 0 Å². The van der Waals surface area contributed by atoms with Gasteiger partial charge in [-0.3, -0.25) is 0 Å². The molecule has 0 aliphatic heterocycles. The van der Waals surface area contributed by atoms with E-state index in [-0.39, 0.29) is 6.04 Å². The second-order valence-electron chi connectivity index (χ2n) is 4.32. The topological polar surface area (TPSA) is 32.3 Å². The SMILES string of the molecule is C=CCCC(O)CNC(C)c1ccc(F)c(F)c1. The Hall–Kier alpha value is -1.26. The van der Waals surface area contributed by atoms with Crippen LogP contribution in [0.25, 0.3) is 0 Å². The molecule has 0 spiro atoms. The molecule has 1 aromatic rings. The molecule has 0 fully saturated rings. The first-order chi connectivity index (χ1) is 8.54. The van der Waals surface area contributed by atoms with Gasteiger partial charge in [-0.2, -0.15) is 0 Å². The molecule has 18 heavy (non-hydrogen) atoms. The smallest absolute Gasteiger partial charge is 0.159 e. The van der Waals surface area contributed by atoms with Gasteiger partial charge < -0.3 is 10.4 Å². The molecule has 2 N–H and O–H groups in total. The maximum absolute atomic E-state index is 13.0. The third kappa shape index (κ3) is 4.55. The van der Waals surface area contributed by atoms with Crippen molar-refractivity contribution in [1.82, 2.24) is 5.32 Å². The molecule has 100 valence electrons. The lowest BCUT2D eigenvalue weighted by atomic mass is 10.1. The summed E-state index contributed by atoms with van der Waals surface area (Å²) >= 11 is 0. The highest BCUT2D eigenvalue weighted by Gasteiger charge is 2.10. The lowest BCUT2D eigenvalue weighted by Crippen LogP contribution is -2.29. The van der Waals surface area contributed by atoms with E-state index < -0.39 is 17.7 Å². The lowest BCUT2D eigenvalue weighted by Gasteiger charge is -2.17. The molecule has 1 aromatic carbocycles. The van der Waals surface area contributed by atoms with Crippen LogP contribution < -0.4 is 5.32 Å². The van der Waals surface area contributed by atoms with Gasteiger partial charge in [-0.25, -0.2) is 8.78 Å². The molecule has 2 unspecified atom stereocenters. The van der Waals surface area contributed by atoms with Gasteiger partial charge in [0.1, 0.15) is 0 Å². The van der Waals surface area contributed by atoms with Gasteiger partial charge in [0, 0.05) is 12.6 Å². The Bertz CT molecular complexity index is 395. The summed E-state index contributed by atoms with van der Waals surface area (Å²) in [6.07, 6.45) is 2.68. The van der Waals surface area contributed by atoms with Crippen LogP contribution >= 0.6 is 0 Å². The van der Waals surface area contributed by atoms with Crippen LogP contribution in [0.1, 0.15) is 31.4 Å². The van der Waals surface area contributed by atoms with E-state index in [1.54, 1.807) is 6.08 Å². The van der Waals surface area contributed by atoms with Crippen LogP contribution in [0.15, 0.2) is 30.9 Å². The Morgan fingerprint density at radius 2 is 2.11 bits per heavy atom. The molecule has 0 amide bonds. The third-order valence-electron chi connectivity index (χ3n) is 2.81. The number of rotatable bonds is 7. The molecular weight excluding hydrogens is 236 g/mol. The van der Waals surface area contributed by atoms with Gasteiger partial charge in [0.05, 0.1) is 6.10 Å². The molecule has 0 radical (unpaired) electrons. The minimum absolute atomic E-state index is 0.140. The Kier molecular flexibility index (Phi) is 5.95. The van der Waals surface area contributed by atoms with Crippen molar-refractivity contribution in [1.29, 1.82) is 0 Å². The fourth-order valence-electron chi connectivity index (χ4n) is 1.62. The zero-order chi connectivity index (χ0) is 13.5. The first-order valence-corrected chi connectivity index (χ1v) is 6.02. The van der Waals surface area contributed by atoms with Crippen LogP contribution in [-0.4, -0.2) is 17.8 Å². The van der Waals surface area contributed by atoms with Crippen LogP contribution in [0.3, 0.4) is 0 Å². The average molecular weight is 255 g/mol. The van der Waals surface area contributed by atoms with Gasteiger partial charge >= 0.3 is 0 Å². The van der Waals surface area contributed by atoms with Crippen LogP contribution in [0.2, 0.25) is 0 Å². The third-order valence-corrected chi connectivity index (χ3v) is 2.81. The van der Waals surface area contributed by atoms with Crippen LogP contribution in [-0.2, 0) is 0 Å². The minimum Gasteiger partial charge on any atom is -0.392 e. The highest BCUT2D eigenvalue weighted by atomic mass is 19.2. The number of allylic oxidation sites excluding steroid dienone is 1. The molecule has 4 heteroatoms. The molecule has 0 heterocycles. The lowest BCUT2D eigenvalue weighted by molar-refractivity contribution is 0.159. The molecule has 2 nitrogen and oxygen atoms in total. The van der Waals surface area contributed by atoms with Crippen molar-refractivity contribution >= 4 is 0 Å². The number of nitrogens with one attached hydrogen (secondary N) is 1. The largest absolute Gasteiger partial charge is 0.392 e. The molecule has 0 bridgehead atoms. The minimum atomic E-state index is -0.853. The molecule has 2 atom stereocenters. The van der Waals surface area contributed by atoms with Gasteiger partial charge in [0.25, 0.3) is 0 Å². The van der Waals surface area contributed by atoms with E-state index in [0.717, 1.165) is 12.5 Å². The maximum Gasteiger partial charge on any atom is 0.159 e. The fourth-order valence-corrected chi connectivity index (χ4v) is 1.62. The van der Waals surface area contributed by atoms with E-state index in [9.17, 15) is 13.9 Å². The second kappa shape index (κ2) is 7.24. The predicted molar refractivity (Wildman–Crippen MR) is 68.2 cm³/mol. The van der Waals surface area contributed by atoms with Crippen molar-refractivity contribution < 1.29 is 13.9 Å². The summed E-state index contributed by atoms with van der Waals surface area (Å²) in [6, 6.07) is 3.67. The van der Waals surface area contributed by atoms with Gasteiger partial charge in [0.2, 0.25) is 0 Å². The summed E-state index contributed by atoms with van der Waals surface area (Å²) in [5, 5.41) is 12.7. The Balaban J connectivity index is 2.47. The number of benzene rings is 1. The molecule has 1 rings (SSSR count). The zero-order valence-electron chi connectivity index (χ0n) is 10.5. The van der Waals surface area contributed by atoms with Crippen molar-refractivity contribution in [2.75, 3.05) is 6.54 Å². The normalized spacial score (nSPS) is 14.2. The maximum atomic E-state index is 13.0. The van der Waals surface area contributed by atoms with Crippen molar-refractivity contribution in [3.63, 3.8) is 0 Å². The first-order valence-electron chi connectivity index (χ1n) is 6.02. The number of aliphatic hydroxyl groups excluding tert-OH is 1. The van der Waals surface area contributed by atoms with Gasteiger partial charge in [-0.1, -0.05) is 12.1 Å². The Morgan fingerprint density at radius 1 is 1.39 bits per heavy atom. The van der Waals surface area contributed by atoms with Crippen LogP contribution in [0, 0.1) is 11.6 Å². The highest BCUT2D eigenvalue weighted by Crippen LogP contribution is 2.16. The van der Waals surface area contributed by atoms with Gasteiger partial charge in [-0.15, -0.1) is 6.58 Å². The quantitative estimate of drug-likeness (QED) is 0.734. The molecule has 0 saturated carbocycles. The van der Waals surface area contributed by atoms with Crippen LogP contribution in [0.5, 0.6) is 0 Å². The van der Waals surface area contributed by atoms with E-state index in [2.05, 4.69) is 11.9 Å². The van der Waals surface area contributed by atoms with E-state index in [1.807, 2.05) is 6.92 Å². The van der Waals surface area contributed by atoms with E-state index in [1.165, 1.54) is 12.1 Å². The van der Waals surface area contributed by atoms with Crippen LogP contribution in [0.4, 0.5) is 8.78 Å². The summed E-state index contributed by atoms with van der Waals surface area (Å²) in [5.41, 5.74) is 0.657. The summed E-state index contributed by atoms with van der Waals surface area (Å²) in [5.74, 6) is -1.70. The average Bonchev–Trinajstić information content (AvgIpc) is 2.36. The zero-order valence-corrected chi connectivity index (χ0v) is 10.5. The fraction of sp³-hybridized carbons (Fsp3) is 0.429. The summed E-state index contributed by atoms with van der Waals surface area (Å²) in [7, 11) is 0. The van der Waals surface area contributed by atoms with Crippen molar-refractivity contribution in [2.45, 2.75) is 31.9 Å². The monoisotopic (exact) mass is 255 g/mol. The van der Waals surface area contributed by atoms with Crippen molar-refractivity contribution in [3.05, 3.63) is 48.1 Å². The number of aliphatic hydroxyl groups is 1. The molecule has 0 aromatic heterocycles. The van der Waals surface area contributed by atoms with Gasteiger partial charge in [-0.05, 0) is 37.5 Å². The number of halogens is 2. The Labute approximate surface area is 106 Å². The standard InChI is InChI=1S/C14H19F2NO/c1-3-4-5-12(18)9-17-10(2)11-6-7-13(15)14(16)8-11/h3,6-8,10,12,17-18H,1,4-5,9H2,2H3. The van der Waals surface area contributed by atoms with Crippen molar-refractivity contribution in [2.24, 2.45) is 0 Å². The Morgan fingerprint density at radius 3 is 2.72 bits per heavy atom. The number of hydrogen-bond acceptors (Lipinski definition) is 2. The van der Waals surface area contributed by atoms with E-state index >= 15 is 0 Å². The van der Waals surface area contributed by atoms with Gasteiger partial charge in [0.15, 0.2) is 11.6 Å². The molecule has 0 aliphatic rings. The van der Waals surface area contributed by atoms with E-state index in [0.29, 0.717) is 18.5 Å². The summed E-state index contributed by atoms with van der Waals surface area (Å²) in [6.45, 7) is 5.84. The number of hydrogen-bond donors (Lipinski definition) is 2. The summed E-state index contributed by atoms with van der Waals surface area (Å²) in [4.78, 5) is 0. The highest BCUT2D eigenvalue weighted by molar-refractivity contribution is 5.20. The predicted octanol–water partition coefficient (Wildman–Crippen LogP) is 2.94. The second-order valence-corrected chi connectivity index (χ2v) is 4.32. The first kappa shape index (κ1) is 14.8. The molecular formula is C14H19F2NO. The molecule has 0 aliphatic carbocycles.